The van der Waals surface area contributed by atoms with E-state index in [0.717, 1.165) is 0 Å². The summed E-state index contributed by atoms with van der Waals surface area (Å²) in [4.78, 5) is 49.1. The Morgan fingerprint density at radius 3 is 2.55 bits per heavy atom. The van der Waals surface area contributed by atoms with E-state index in [1.54, 1.807) is 13.8 Å². The first kappa shape index (κ1) is 20.0. The summed E-state index contributed by atoms with van der Waals surface area (Å²) in [6.07, 6.45) is 0.270. The third kappa shape index (κ3) is 2.17. The summed E-state index contributed by atoms with van der Waals surface area (Å²) in [5.41, 5.74) is -1.94. The average Bonchev–Trinajstić information content (AvgIpc) is 2.99. The second-order valence-electron chi connectivity index (χ2n) is 9.06. The standard InChI is InChI=1S/C20H24O9/c1-8-4-12(21)20(27)18(3)10(8)5-13(29-20)19(7-28-17(26)15(18)19)11(6-14(22)23)9(2)16(24)25/h4,9-11,13,15,27H,5-7H2,1-3H3,(H,22,23)(H,24,25). The molecule has 8 atom stereocenters. The number of aliphatic hydroxyl groups is 1. The van der Waals surface area contributed by atoms with Crippen molar-refractivity contribution >= 4 is 23.7 Å². The van der Waals surface area contributed by atoms with Gasteiger partial charge in [0.15, 0.2) is 0 Å². The van der Waals surface area contributed by atoms with Crippen LogP contribution < -0.4 is 0 Å². The summed E-state index contributed by atoms with van der Waals surface area (Å²) in [5, 5.41) is 30.4. The van der Waals surface area contributed by atoms with Crippen LogP contribution in [0, 0.1) is 34.5 Å². The topological polar surface area (TPSA) is 147 Å². The molecule has 0 aromatic rings. The lowest BCUT2D eigenvalue weighted by Crippen LogP contribution is -2.78. The van der Waals surface area contributed by atoms with Gasteiger partial charge in [0.05, 0.1) is 23.4 Å². The molecule has 29 heavy (non-hydrogen) atoms. The van der Waals surface area contributed by atoms with Gasteiger partial charge in [0.25, 0.3) is 0 Å². The Hall–Kier alpha value is -2.26. The van der Waals surface area contributed by atoms with Gasteiger partial charge in [0, 0.05) is 11.8 Å². The third-order valence-electron chi connectivity index (χ3n) is 7.97. The van der Waals surface area contributed by atoms with E-state index in [0.29, 0.717) is 12.0 Å². The number of carbonyl (C=O) groups is 4. The number of carboxylic acid groups (broad SMARTS) is 2. The molecule has 0 amide bonds. The largest absolute Gasteiger partial charge is 0.481 e. The van der Waals surface area contributed by atoms with E-state index in [4.69, 9.17) is 9.47 Å². The number of rotatable bonds is 5. The first-order chi connectivity index (χ1) is 13.4. The summed E-state index contributed by atoms with van der Waals surface area (Å²) < 4.78 is 11.3. The molecular weight excluding hydrogens is 384 g/mol. The molecule has 3 aliphatic heterocycles. The number of carbonyl (C=O) groups excluding carboxylic acids is 2. The maximum absolute atomic E-state index is 13.0. The van der Waals surface area contributed by atoms with Crippen LogP contribution in [0.1, 0.15) is 33.6 Å². The molecule has 0 aromatic carbocycles. The maximum atomic E-state index is 13.0. The Bertz CT molecular complexity index is 862. The fourth-order valence-corrected chi connectivity index (χ4v) is 6.61. The Balaban J connectivity index is 1.94. The van der Waals surface area contributed by atoms with Crippen LogP contribution in [0.2, 0.25) is 0 Å². The highest BCUT2D eigenvalue weighted by Crippen LogP contribution is 2.72. The first-order valence-corrected chi connectivity index (χ1v) is 9.65. The number of cyclic esters (lactones) is 1. The molecule has 9 heteroatoms. The van der Waals surface area contributed by atoms with Crippen molar-refractivity contribution in [1.29, 1.82) is 0 Å². The van der Waals surface area contributed by atoms with Gasteiger partial charge in [-0.2, -0.15) is 0 Å². The highest BCUT2D eigenvalue weighted by atomic mass is 16.6. The van der Waals surface area contributed by atoms with Crippen molar-refractivity contribution in [2.75, 3.05) is 6.61 Å². The summed E-state index contributed by atoms with van der Waals surface area (Å²) in [6, 6.07) is 0. The molecule has 0 aromatic heterocycles. The number of hydrogen-bond acceptors (Lipinski definition) is 7. The molecule has 3 saturated heterocycles. The predicted molar refractivity (Wildman–Crippen MR) is 94.2 cm³/mol. The molecule has 158 valence electrons. The van der Waals surface area contributed by atoms with Crippen LogP contribution in [0.25, 0.3) is 0 Å². The van der Waals surface area contributed by atoms with Gasteiger partial charge in [-0.1, -0.05) is 19.4 Å². The van der Waals surface area contributed by atoms with E-state index in [1.807, 2.05) is 0 Å². The van der Waals surface area contributed by atoms with Crippen molar-refractivity contribution in [3.05, 3.63) is 11.6 Å². The first-order valence-electron chi connectivity index (χ1n) is 9.65. The van der Waals surface area contributed by atoms with Gasteiger partial charge in [-0.25, -0.2) is 0 Å². The Kier molecular flexibility index (Phi) is 4.06. The number of esters is 1. The number of aliphatic carboxylic acids is 2. The van der Waals surface area contributed by atoms with E-state index < -0.39 is 70.6 Å². The molecule has 4 bridgehead atoms. The van der Waals surface area contributed by atoms with Gasteiger partial charge in [-0.15, -0.1) is 0 Å². The fourth-order valence-electron chi connectivity index (χ4n) is 6.61. The van der Waals surface area contributed by atoms with E-state index in [-0.39, 0.29) is 12.5 Å². The number of allylic oxidation sites excluding steroid dienone is 1. The normalized spacial score (nSPS) is 44.6. The molecule has 1 saturated carbocycles. The molecule has 4 fully saturated rings. The highest BCUT2D eigenvalue weighted by Gasteiger charge is 2.82. The van der Waals surface area contributed by atoms with Crippen molar-refractivity contribution in [2.24, 2.45) is 34.5 Å². The number of ether oxygens (including phenoxy) is 2. The molecule has 0 radical (unpaired) electrons. The number of hydrogen-bond donors (Lipinski definition) is 3. The van der Waals surface area contributed by atoms with E-state index in [2.05, 4.69) is 0 Å². The van der Waals surface area contributed by atoms with Gasteiger partial charge in [0.1, 0.15) is 6.61 Å². The monoisotopic (exact) mass is 408 g/mol. The number of ketones is 1. The SMILES string of the molecule is CC1=CC(=O)C2(O)OC3CC1C2(C)C1C(=O)OCC31C(CC(=O)O)C(C)C(=O)O. The second kappa shape index (κ2) is 5.89. The molecule has 8 unspecified atom stereocenters. The van der Waals surface area contributed by atoms with Crippen LogP contribution in [0.3, 0.4) is 0 Å². The lowest BCUT2D eigenvalue weighted by atomic mass is 9.40. The zero-order valence-corrected chi connectivity index (χ0v) is 16.4. The van der Waals surface area contributed by atoms with Gasteiger partial charge < -0.3 is 24.8 Å². The van der Waals surface area contributed by atoms with Gasteiger partial charge in [-0.05, 0) is 31.3 Å². The third-order valence-corrected chi connectivity index (χ3v) is 7.97. The van der Waals surface area contributed by atoms with Crippen molar-refractivity contribution in [3.8, 4) is 0 Å². The minimum atomic E-state index is -2.24. The predicted octanol–water partition coefficient (Wildman–Crippen LogP) is 0.600. The van der Waals surface area contributed by atoms with Gasteiger partial charge in [-0.3, -0.25) is 19.2 Å². The zero-order valence-electron chi connectivity index (χ0n) is 16.4. The summed E-state index contributed by atoms with van der Waals surface area (Å²) >= 11 is 0. The van der Waals surface area contributed by atoms with Crippen LogP contribution >= 0.6 is 0 Å². The molecule has 5 rings (SSSR count). The average molecular weight is 408 g/mol. The lowest BCUT2D eigenvalue weighted by Gasteiger charge is -2.68. The van der Waals surface area contributed by atoms with Crippen LogP contribution in [0.4, 0.5) is 0 Å². The molecule has 3 N–H and O–H groups in total. The van der Waals surface area contributed by atoms with Crippen LogP contribution in [0.15, 0.2) is 11.6 Å². The minimum Gasteiger partial charge on any atom is -0.481 e. The molecular formula is C20H24O9. The summed E-state index contributed by atoms with van der Waals surface area (Å²) in [7, 11) is 0. The van der Waals surface area contributed by atoms with Crippen molar-refractivity contribution in [3.63, 3.8) is 0 Å². The summed E-state index contributed by atoms with van der Waals surface area (Å²) in [5.74, 6) is -9.44. The zero-order chi connectivity index (χ0) is 21.5. The van der Waals surface area contributed by atoms with E-state index in [9.17, 15) is 34.5 Å². The number of carboxylic acids is 2. The van der Waals surface area contributed by atoms with Gasteiger partial charge >= 0.3 is 17.9 Å². The highest BCUT2D eigenvalue weighted by molar-refractivity contribution is 5.99. The van der Waals surface area contributed by atoms with Crippen LogP contribution in [-0.4, -0.2) is 57.5 Å². The van der Waals surface area contributed by atoms with Crippen LogP contribution in [0.5, 0.6) is 0 Å². The van der Waals surface area contributed by atoms with Crippen molar-refractivity contribution < 1.29 is 44.0 Å². The molecule has 9 nitrogen and oxygen atoms in total. The second-order valence-corrected chi connectivity index (χ2v) is 9.06. The summed E-state index contributed by atoms with van der Waals surface area (Å²) in [6.45, 7) is 4.55. The Morgan fingerprint density at radius 1 is 1.31 bits per heavy atom. The quantitative estimate of drug-likeness (QED) is 0.556. The maximum Gasteiger partial charge on any atom is 0.310 e. The molecule has 2 aliphatic carbocycles. The lowest BCUT2D eigenvalue weighted by molar-refractivity contribution is -0.385. The Labute approximate surface area is 166 Å². The smallest absolute Gasteiger partial charge is 0.310 e. The molecule has 3 heterocycles. The van der Waals surface area contributed by atoms with Crippen LogP contribution in [-0.2, 0) is 28.7 Å². The molecule has 5 aliphatic rings. The Morgan fingerprint density at radius 2 is 1.97 bits per heavy atom. The fraction of sp³-hybridized carbons (Fsp3) is 0.700. The van der Waals surface area contributed by atoms with E-state index in [1.165, 1.54) is 13.0 Å². The van der Waals surface area contributed by atoms with Crippen molar-refractivity contribution in [2.45, 2.75) is 45.5 Å². The molecule has 0 spiro atoms. The minimum absolute atomic E-state index is 0.202. The van der Waals surface area contributed by atoms with Crippen molar-refractivity contribution in [1.82, 2.24) is 0 Å². The van der Waals surface area contributed by atoms with Gasteiger partial charge in [0.2, 0.25) is 11.6 Å². The van der Waals surface area contributed by atoms with E-state index >= 15 is 0 Å².